The van der Waals surface area contributed by atoms with Gasteiger partial charge in [0.15, 0.2) is 12.4 Å². The summed E-state index contributed by atoms with van der Waals surface area (Å²) in [6, 6.07) is 8.31. The van der Waals surface area contributed by atoms with Gasteiger partial charge >= 0.3 is 12.0 Å². The second-order valence-electron chi connectivity index (χ2n) is 6.17. The van der Waals surface area contributed by atoms with E-state index in [1.165, 1.54) is 43.5 Å². The number of imide groups is 1. The number of nitrogens with zero attached hydrogens (tertiary/aromatic N) is 1. The average Bonchev–Trinajstić information content (AvgIpc) is 2.77. The van der Waals surface area contributed by atoms with Crippen LogP contribution >= 0.6 is 11.6 Å². The predicted molar refractivity (Wildman–Crippen MR) is 112 cm³/mol. The minimum atomic E-state index is -0.993. The third-order valence-electron chi connectivity index (χ3n) is 3.98. The number of nitro benzene ring substituents is 1. The summed E-state index contributed by atoms with van der Waals surface area (Å²) in [4.78, 5) is 58.9. The largest absolute Gasteiger partial charge is 0.452 e. The molecule has 0 radical (unpaired) electrons. The number of nitrogens with one attached hydrogen (secondary N) is 2. The molecule has 0 aromatic heterocycles. The summed E-state index contributed by atoms with van der Waals surface area (Å²) < 4.78 is 9.63. The standard InChI is InChI=1S/C20H18ClN3O8/c1-31-9-8-22-20(28)23-17(25)11-32-19(27)14-5-3-2-4-13(14)18(26)12-6-7-15(21)16(10-12)24(29)30/h2-7,10H,8-9,11H2,1H3,(H2,22,23,25,28). The van der Waals surface area contributed by atoms with Crippen LogP contribution in [0.1, 0.15) is 26.3 Å². The number of ketones is 1. The Balaban J connectivity index is 2.09. The summed E-state index contributed by atoms with van der Waals surface area (Å²) in [5.74, 6) is -2.56. The highest BCUT2D eigenvalue weighted by atomic mass is 35.5. The molecule has 32 heavy (non-hydrogen) atoms. The Labute approximate surface area is 186 Å². The van der Waals surface area contributed by atoms with Crippen LogP contribution in [0, 0.1) is 10.1 Å². The van der Waals surface area contributed by atoms with E-state index >= 15 is 0 Å². The Morgan fingerprint density at radius 3 is 2.44 bits per heavy atom. The van der Waals surface area contributed by atoms with Gasteiger partial charge in [-0.15, -0.1) is 0 Å². The van der Waals surface area contributed by atoms with Crippen LogP contribution in [0.15, 0.2) is 42.5 Å². The molecule has 12 heteroatoms. The normalized spacial score (nSPS) is 10.2. The lowest BCUT2D eigenvalue weighted by Gasteiger charge is -2.10. The number of halogens is 1. The van der Waals surface area contributed by atoms with Crippen molar-refractivity contribution in [3.8, 4) is 0 Å². The first-order chi connectivity index (χ1) is 15.2. The quantitative estimate of drug-likeness (QED) is 0.188. The minimum Gasteiger partial charge on any atom is -0.452 e. The van der Waals surface area contributed by atoms with E-state index in [-0.39, 0.29) is 34.9 Å². The van der Waals surface area contributed by atoms with E-state index in [2.05, 4.69) is 5.32 Å². The molecule has 2 rings (SSSR count). The van der Waals surface area contributed by atoms with Gasteiger partial charge in [-0.3, -0.25) is 25.0 Å². The van der Waals surface area contributed by atoms with E-state index in [1.54, 1.807) is 0 Å². The number of esters is 1. The molecule has 0 heterocycles. The first-order valence-electron chi connectivity index (χ1n) is 9.06. The summed E-state index contributed by atoms with van der Waals surface area (Å²) in [5.41, 5.74) is -0.774. The van der Waals surface area contributed by atoms with Crippen LogP contribution in [0.4, 0.5) is 10.5 Å². The van der Waals surface area contributed by atoms with E-state index in [1.807, 2.05) is 5.32 Å². The third-order valence-corrected chi connectivity index (χ3v) is 4.30. The van der Waals surface area contributed by atoms with Crippen LogP contribution < -0.4 is 10.6 Å². The molecular weight excluding hydrogens is 446 g/mol. The fraction of sp³-hybridized carbons (Fsp3) is 0.200. The highest BCUT2D eigenvalue weighted by Crippen LogP contribution is 2.27. The molecule has 2 N–H and O–H groups in total. The number of rotatable bonds is 9. The predicted octanol–water partition coefficient (Wildman–Crippen LogP) is 2.11. The molecule has 11 nitrogen and oxygen atoms in total. The van der Waals surface area contributed by atoms with Crippen LogP contribution in [0.25, 0.3) is 0 Å². The van der Waals surface area contributed by atoms with E-state index < -0.39 is 40.9 Å². The van der Waals surface area contributed by atoms with E-state index in [9.17, 15) is 29.3 Å². The molecule has 0 saturated heterocycles. The van der Waals surface area contributed by atoms with Crippen LogP contribution in [0.2, 0.25) is 5.02 Å². The first-order valence-corrected chi connectivity index (χ1v) is 9.43. The Kier molecular flexibility index (Phi) is 8.81. The third kappa shape index (κ3) is 6.59. The maximum atomic E-state index is 12.9. The van der Waals surface area contributed by atoms with Crippen molar-refractivity contribution in [2.24, 2.45) is 0 Å². The van der Waals surface area contributed by atoms with Crippen molar-refractivity contribution < 1.29 is 33.6 Å². The lowest BCUT2D eigenvalue weighted by atomic mass is 9.98. The number of hydrogen-bond acceptors (Lipinski definition) is 8. The zero-order chi connectivity index (χ0) is 23.7. The van der Waals surface area contributed by atoms with E-state index in [4.69, 9.17) is 21.1 Å². The van der Waals surface area contributed by atoms with Crippen molar-refractivity contribution >= 4 is 41.0 Å². The molecule has 0 aliphatic heterocycles. The topological polar surface area (TPSA) is 154 Å². The smallest absolute Gasteiger partial charge is 0.339 e. The van der Waals surface area contributed by atoms with Crippen molar-refractivity contribution in [3.05, 3.63) is 74.3 Å². The molecule has 0 atom stereocenters. The molecule has 0 aliphatic carbocycles. The number of urea groups is 1. The molecule has 0 unspecified atom stereocenters. The summed E-state index contributed by atoms with van der Waals surface area (Å²) >= 11 is 5.77. The highest BCUT2D eigenvalue weighted by molar-refractivity contribution is 6.33. The molecule has 168 valence electrons. The molecule has 0 fully saturated rings. The van der Waals surface area contributed by atoms with Gasteiger partial charge in [0, 0.05) is 30.8 Å². The molecule has 0 spiro atoms. The van der Waals surface area contributed by atoms with Crippen molar-refractivity contribution in [1.82, 2.24) is 10.6 Å². The van der Waals surface area contributed by atoms with Gasteiger partial charge in [-0.2, -0.15) is 0 Å². The maximum Gasteiger partial charge on any atom is 0.339 e. The number of carbonyl (C=O) groups excluding carboxylic acids is 4. The van der Waals surface area contributed by atoms with Crippen LogP contribution in [0.5, 0.6) is 0 Å². The van der Waals surface area contributed by atoms with Gasteiger partial charge in [0.05, 0.1) is 17.1 Å². The number of benzene rings is 2. The Morgan fingerprint density at radius 1 is 1.09 bits per heavy atom. The highest BCUT2D eigenvalue weighted by Gasteiger charge is 2.22. The molecule has 0 saturated carbocycles. The van der Waals surface area contributed by atoms with Gasteiger partial charge in [0.1, 0.15) is 5.02 Å². The van der Waals surface area contributed by atoms with Gasteiger partial charge in [-0.1, -0.05) is 29.8 Å². The summed E-state index contributed by atoms with van der Waals surface area (Å²) in [6.07, 6.45) is 0. The lowest BCUT2D eigenvalue weighted by Crippen LogP contribution is -2.42. The van der Waals surface area contributed by atoms with Crippen LogP contribution in [-0.4, -0.2) is 55.5 Å². The second kappa shape index (κ2) is 11.5. The summed E-state index contributed by atoms with van der Waals surface area (Å²) in [6.45, 7) is -0.350. The molecular formula is C20H18ClN3O8. The number of methoxy groups -OCH3 is 1. The van der Waals surface area contributed by atoms with Gasteiger partial charge in [0.2, 0.25) is 0 Å². The SMILES string of the molecule is COCCNC(=O)NC(=O)COC(=O)c1ccccc1C(=O)c1ccc(Cl)c([N+](=O)[O-])c1. The fourth-order valence-corrected chi connectivity index (χ4v) is 2.68. The number of carbonyl (C=O) groups is 4. The van der Waals surface area contributed by atoms with Gasteiger partial charge in [-0.25, -0.2) is 9.59 Å². The number of ether oxygens (including phenoxy) is 2. The molecule has 0 bridgehead atoms. The minimum absolute atomic E-state index is 0.0631. The molecule has 0 aliphatic rings. The Morgan fingerprint density at radius 2 is 1.78 bits per heavy atom. The van der Waals surface area contributed by atoms with Crippen LogP contribution in [0.3, 0.4) is 0 Å². The first kappa shape index (κ1) is 24.4. The zero-order valence-corrected chi connectivity index (χ0v) is 17.5. The second-order valence-corrected chi connectivity index (χ2v) is 6.58. The van der Waals surface area contributed by atoms with Gasteiger partial charge < -0.3 is 14.8 Å². The van der Waals surface area contributed by atoms with Crippen molar-refractivity contribution in [1.29, 1.82) is 0 Å². The van der Waals surface area contributed by atoms with E-state index in [0.717, 1.165) is 6.07 Å². The van der Waals surface area contributed by atoms with Crippen LogP contribution in [-0.2, 0) is 14.3 Å². The summed E-state index contributed by atoms with van der Waals surface area (Å²) in [5, 5.41) is 15.2. The number of nitro groups is 1. The lowest BCUT2D eigenvalue weighted by molar-refractivity contribution is -0.384. The van der Waals surface area contributed by atoms with E-state index in [0.29, 0.717) is 0 Å². The summed E-state index contributed by atoms with van der Waals surface area (Å²) in [7, 11) is 1.45. The number of amides is 3. The van der Waals surface area contributed by atoms with Crippen molar-refractivity contribution in [2.75, 3.05) is 26.9 Å². The molecule has 2 aromatic carbocycles. The molecule has 3 amide bonds. The Bertz CT molecular complexity index is 1060. The van der Waals surface area contributed by atoms with Crippen molar-refractivity contribution in [3.63, 3.8) is 0 Å². The Hall–Kier alpha value is -3.83. The average molecular weight is 464 g/mol. The zero-order valence-electron chi connectivity index (χ0n) is 16.8. The fourth-order valence-electron chi connectivity index (χ4n) is 2.49. The van der Waals surface area contributed by atoms with Gasteiger partial charge in [-0.05, 0) is 18.2 Å². The van der Waals surface area contributed by atoms with Crippen molar-refractivity contribution in [2.45, 2.75) is 0 Å². The van der Waals surface area contributed by atoms with Gasteiger partial charge in [0.25, 0.3) is 11.6 Å². The monoisotopic (exact) mass is 463 g/mol. The number of hydrogen-bond donors (Lipinski definition) is 2. The molecule has 2 aromatic rings. The maximum absolute atomic E-state index is 12.9.